The number of nitrogens with two attached hydrogens (primary N) is 1. The molecule has 8 heteroatoms. The van der Waals surface area contributed by atoms with Crippen LogP contribution in [0.15, 0.2) is 18.2 Å². The van der Waals surface area contributed by atoms with E-state index in [2.05, 4.69) is 15.7 Å². The van der Waals surface area contributed by atoms with Crippen molar-refractivity contribution in [3.05, 3.63) is 35.0 Å². The molecule has 0 saturated carbocycles. The van der Waals surface area contributed by atoms with Crippen LogP contribution in [-0.2, 0) is 5.41 Å². The van der Waals surface area contributed by atoms with E-state index >= 15 is 0 Å². The smallest absolute Gasteiger partial charge is 0.338 e. The second-order valence-corrected chi connectivity index (χ2v) is 7.49. The number of nitrogen functional groups attached to an aromatic ring is 1. The van der Waals surface area contributed by atoms with Gasteiger partial charge in [-0.15, -0.1) is 0 Å². The zero-order valence-corrected chi connectivity index (χ0v) is 15.3. The maximum Gasteiger partial charge on any atom is 0.338 e. The molecule has 1 aromatic carbocycles. The number of nitrogens with zero attached hydrogens (tertiary/aromatic N) is 1. The number of fused-ring (bicyclic) bond motifs is 1. The first-order valence-corrected chi connectivity index (χ1v) is 8.07. The summed E-state index contributed by atoms with van der Waals surface area (Å²) in [5, 5.41) is 0.0811. The highest BCUT2D eigenvalue weighted by Gasteiger charge is 2.25. The minimum atomic E-state index is -3.34. The Morgan fingerprint density at radius 3 is 2.44 bits per heavy atom. The van der Waals surface area contributed by atoms with Gasteiger partial charge in [0.15, 0.2) is 0 Å². The largest absolute Gasteiger partial charge is 0.378 e. The number of aryl methyl sites for hydroxylation is 1. The number of aromatic nitrogens is 1. The molecular formula is C17H21ClF2N4O. The van der Waals surface area contributed by atoms with E-state index in [0.29, 0.717) is 11.2 Å². The first-order chi connectivity index (χ1) is 11.4. The average Bonchev–Trinajstić information content (AvgIpc) is 2.50. The number of alkyl halides is 3. The molecule has 0 bridgehead atoms. The first kappa shape index (κ1) is 19.3. The van der Waals surface area contributed by atoms with Crippen LogP contribution in [0.5, 0.6) is 0 Å². The molecule has 0 fully saturated rings. The van der Waals surface area contributed by atoms with Gasteiger partial charge in [0.2, 0.25) is 0 Å². The van der Waals surface area contributed by atoms with Crippen LogP contribution >= 0.6 is 11.6 Å². The maximum absolute atomic E-state index is 13.0. The quantitative estimate of drug-likeness (QED) is 0.332. The molecule has 0 saturated heterocycles. The van der Waals surface area contributed by atoms with Crippen LogP contribution in [0.3, 0.4) is 0 Å². The predicted octanol–water partition coefficient (Wildman–Crippen LogP) is 3.69. The highest BCUT2D eigenvalue weighted by molar-refractivity contribution is 6.22. The van der Waals surface area contributed by atoms with Gasteiger partial charge >= 0.3 is 5.38 Å². The van der Waals surface area contributed by atoms with Crippen molar-refractivity contribution < 1.29 is 13.6 Å². The van der Waals surface area contributed by atoms with Crippen LogP contribution in [0.25, 0.3) is 10.9 Å². The molecule has 25 heavy (non-hydrogen) atoms. The lowest BCUT2D eigenvalue weighted by molar-refractivity contribution is 0.0948. The third kappa shape index (κ3) is 4.55. The van der Waals surface area contributed by atoms with Crippen LogP contribution in [0.2, 0.25) is 0 Å². The summed E-state index contributed by atoms with van der Waals surface area (Å²) in [6, 6.07) is 5.08. The highest BCUT2D eigenvalue weighted by Crippen LogP contribution is 2.34. The van der Waals surface area contributed by atoms with Gasteiger partial charge in [-0.1, -0.05) is 20.8 Å². The Kier molecular flexibility index (Phi) is 5.20. The maximum atomic E-state index is 13.0. The number of hydrogen-bond acceptors (Lipinski definition) is 4. The number of carbonyl (C=O) groups excluding carboxylic acids is 1. The number of nitrogens with one attached hydrogen (secondary N) is 2. The topological polar surface area (TPSA) is 80.0 Å². The summed E-state index contributed by atoms with van der Waals surface area (Å²) in [5.41, 5.74) is 4.70. The lowest BCUT2D eigenvalue weighted by atomic mass is 9.84. The Morgan fingerprint density at radius 2 is 1.92 bits per heavy atom. The number of carbonyl (C=O) groups is 1. The summed E-state index contributed by atoms with van der Waals surface area (Å²) >= 11 is 4.97. The van der Waals surface area contributed by atoms with Gasteiger partial charge in [0.05, 0.1) is 12.1 Å². The number of benzene rings is 1. The van der Waals surface area contributed by atoms with Gasteiger partial charge in [-0.05, 0) is 53.3 Å². The van der Waals surface area contributed by atoms with E-state index in [1.54, 1.807) is 18.2 Å². The molecular weight excluding hydrogens is 350 g/mol. The summed E-state index contributed by atoms with van der Waals surface area (Å²) in [6.45, 7) is 7.07. The van der Waals surface area contributed by atoms with Crippen molar-refractivity contribution in [2.75, 3.05) is 11.9 Å². The summed E-state index contributed by atoms with van der Waals surface area (Å²) in [5.74, 6) is 4.70. The molecule has 0 aliphatic heterocycles. The number of hydrazine groups is 1. The van der Waals surface area contributed by atoms with Gasteiger partial charge in [-0.3, -0.25) is 10.2 Å². The van der Waals surface area contributed by atoms with Crippen molar-refractivity contribution in [2.24, 2.45) is 5.84 Å². The number of anilines is 1. The zero-order valence-electron chi connectivity index (χ0n) is 14.5. The van der Waals surface area contributed by atoms with Gasteiger partial charge in [-0.2, -0.15) is 8.78 Å². The van der Waals surface area contributed by atoms with Gasteiger partial charge in [0.25, 0.3) is 5.91 Å². The van der Waals surface area contributed by atoms with Crippen molar-refractivity contribution in [2.45, 2.75) is 38.5 Å². The molecule has 0 unspecified atom stereocenters. The van der Waals surface area contributed by atoms with E-state index in [1.165, 1.54) is 0 Å². The normalized spacial score (nSPS) is 12.3. The summed E-state index contributed by atoms with van der Waals surface area (Å²) in [7, 11) is 0. The fraction of sp³-hybridized carbons (Fsp3) is 0.412. The number of hydrogen-bond donors (Lipinski definition) is 3. The molecule has 1 heterocycles. The molecule has 0 aliphatic rings. The fourth-order valence-corrected chi connectivity index (χ4v) is 2.62. The Labute approximate surface area is 149 Å². The zero-order chi connectivity index (χ0) is 19.0. The molecule has 0 atom stereocenters. The van der Waals surface area contributed by atoms with Crippen molar-refractivity contribution >= 4 is 34.1 Å². The molecule has 2 aromatic rings. The van der Waals surface area contributed by atoms with E-state index in [-0.39, 0.29) is 11.1 Å². The Hall–Kier alpha value is -1.99. The van der Waals surface area contributed by atoms with Gasteiger partial charge in [0.1, 0.15) is 5.69 Å². The molecule has 136 valence electrons. The molecule has 2 rings (SSSR count). The molecule has 4 N–H and O–H groups in total. The molecule has 1 aromatic heterocycles. The van der Waals surface area contributed by atoms with Crippen LogP contribution in [-0.4, -0.2) is 22.8 Å². The number of pyridine rings is 1. The molecule has 0 aliphatic carbocycles. The van der Waals surface area contributed by atoms with Gasteiger partial charge < -0.3 is 5.32 Å². The molecule has 1 amide bonds. The first-order valence-electron chi connectivity index (χ1n) is 7.70. The van der Waals surface area contributed by atoms with Crippen LogP contribution in [0.4, 0.5) is 14.5 Å². The molecule has 0 radical (unpaired) electrons. The number of halogens is 3. The van der Waals surface area contributed by atoms with Crippen LogP contribution in [0.1, 0.15) is 42.4 Å². The third-order valence-corrected chi connectivity index (χ3v) is 3.92. The molecule has 5 nitrogen and oxygen atoms in total. The number of rotatable bonds is 4. The van der Waals surface area contributed by atoms with Crippen LogP contribution < -0.4 is 16.6 Å². The Bertz CT molecular complexity index is 813. The third-order valence-electron chi connectivity index (χ3n) is 3.78. The molecule has 0 spiro atoms. The Morgan fingerprint density at radius 1 is 1.28 bits per heavy atom. The van der Waals surface area contributed by atoms with E-state index in [0.717, 1.165) is 16.5 Å². The SMILES string of the molecule is Cc1cc(C(=O)NN)nc2c(C(C)(C)C)cc(NCC(F)(F)Cl)cc12. The van der Waals surface area contributed by atoms with Crippen molar-refractivity contribution in [1.82, 2.24) is 10.4 Å². The van der Waals surface area contributed by atoms with E-state index in [1.807, 2.05) is 27.7 Å². The summed E-state index contributed by atoms with van der Waals surface area (Å²) < 4.78 is 25.9. The average molecular weight is 371 g/mol. The predicted molar refractivity (Wildman–Crippen MR) is 96.1 cm³/mol. The van der Waals surface area contributed by atoms with Gasteiger partial charge in [0, 0.05) is 11.1 Å². The standard InChI is InChI=1S/C17H21ClF2N4O/c1-9-5-13(15(25)24-21)23-14-11(9)6-10(22-8-17(18,19)20)7-12(14)16(2,3)4/h5-7,22H,8,21H2,1-4H3,(H,24,25). The van der Waals surface area contributed by atoms with Crippen molar-refractivity contribution in [3.63, 3.8) is 0 Å². The monoisotopic (exact) mass is 370 g/mol. The van der Waals surface area contributed by atoms with E-state index in [4.69, 9.17) is 17.4 Å². The second kappa shape index (κ2) is 6.72. The summed E-state index contributed by atoms with van der Waals surface area (Å²) in [4.78, 5) is 16.3. The Balaban J connectivity index is 2.67. The second-order valence-electron chi connectivity index (χ2n) is 6.94. The summed E-state index contributed by atoms with van der Waals surface area (Å²) in [6.07, 6.45) is 0. The lowest BCUT2D eigenvalue weighted by Crippen LogP contribution is -2.31. The number of amides is 1. The lowest BCUT2D eigenvalue weighted by Gasteiger charge is -2.23. The van der Waals surface area contributed by atoms with Crippen molar-refractivity contribution in [3.8, 4) is 0 Å². The van der Waals surface area contributed by atoms with E-state index in [9.17, 15) is 13.6 Å². The van der Waals surface area contributed by atoms with Gasteiger partial charge in [-0.25, -0.2) is 10.8 Å². The highest BCUT2D eigenvalue weighted by atomic mass is 35.5. The van der Waals surface area contributed by atoms with Crippen molar-refractivity contribution in [1.29, 1.82) is 0 Å². The minimum absolute atomic E-state index is 0.200. The van der Waals surface area contributed by atoms with Crippen LogP contribution in [0, 0.1) is 6.92 Å². The van der Waals surface area contributed by atoms with E-state index < -0.39 is 17.8 Å². The minimum Gasteiger partial charge on any atom is -0.378 e. The fourth-order valence-electron chi connectivity index (χ4n) is 2.56.